The maximum absolute atomic E-state index is 13.6. The van der Waals surface area contributed by atoms with Gasteiger partial charge in [-0.05, 0) is 36.4 Å². The van der Waals surface area contributed by atoms with Crippen molar-refractivity contribution in [1.29, 1.82) is 5.26 Å². The molecular weight excluding hydrogens is 398 g/mol. The second kappa shape index (κ2) is 6.81. The van der Waals surface area contributed by atoms with Crippen molar-refractivity contribution in [2.45, 2.75) is 6.23 Å². The number of rotatable bonds is 2. The number of nitrogens with zero attached hydrogens (tertiary/aromatic N) is 3. The molecule has 1 atom stereocenters. The third kappa shape index (κ3) is 2.38. The summed E-state index contributed by atoms with van der Waals surface area (Å²) in [5, 5.41) is 22.6. The number of hydrogen-bond donors (Lipinski definition) is 1. The molecule has 1 aliphatic heterocycles. The number of amides is 1. The van der Waals surface area contributed by atoms with Crippen LogP contribution < -0.4 is 4.90 Å². The van der Waals surface area contributed by atoms with E-state index >= 15 is 0 Å². The van der Waals surface area contributed by atoms with E-state index in [9.17, 15) is 15.2 Å². The van der Waals surface area contributed by atoms with Crippen molar-refractivity contribution in [1.82, 2.24) is 4.57 Å². The molecule has 32 heavy (non-hydrogen) atoms. The first-order chi connectivity index (χ1) is 15.7. The Balaban J connectivity index is 1.67. The second-order valence-corrected chi connectivity index (χ2v) is 7.79. The molecule has 5 aromatic rings. The van der Waals surface area contributed by atoms with Crippen LogP contribution >= 0.6 is 0 Å². The van der Waals surface area contributed by atoms with Gasteiger partial charge in [0.2, 0.25) is 0 Å². The molecular formula is C27H17N3O2. The van der Waals surface area contributed by atoms with E-state index < -0.39 is 6.23 Å². The van der Waals surface area contributed by atoms with E-state index in [1.54, 1.807) is 12.1 Å². The zero-order valence-electron chi connectivity index (χ0n) is 16.9. The van der Waals surface area contributed by atoms with Crippen LogP contribution in [0, 0.1) is 11.3 Å². The lowest BCUT2D eigenvalue weighted by atomic mass is 10.1. The lowest BCUT2D eigenvalue weighted by Gasteiger charge is -2.20. The minimum atomic E-state index is -1.07. The zero-order chi connectivity index (χ0) is 21.8. The molecule has 1 N–H and O–H groups in total. The van der Waals surface area contributed by atoms with Gasteiger partial charge in [-0.1, -0.05) is 54.6 Å². The molecule has 2 heterocycles. The van der Waals surface area contributed by atoms with Crippen LogP contribution in [-0.4, -0.2) is 15.6 Å². The molecule has 6 rings (SSSR count). The molecule has 1 aromatic heterocycles. The van der Waals surface area contributed by atoms with Gasteiger partial charge in [-0.3, -0.25) is 9.69 Å². The Morgan fingerprint density at radius 3 is 2.34 bits per heavy atom. The van der Waals surface area contributed by atoms with Crippen LogP contribution in [0.4, 0.5) is 5.69 Å². The molecule has 0 saturated heterocycles. The molecule has 152 valence electrons. The van der Waals surface area contributed by atoms with Gasteiger partial charge in [0.25, 0.3) is 5.91 Å². The lowest BCUT2D eigenvalue weighted by Crippen LogP contribution is -2.27. The first kappa shape index (κ1) is 18.4. The average molecular weight is 415 g/mol. The van der Waals surface area contributed by atoms with Crippen molar-refractivity contribution in [3.8, 4) is 11.8 Å². The monoisotopic (exact) mass is 415 g/mol. The Morgan fingerprint density at radius 2 is 1.53 bits per heavy atom. The number of fused-ring (bicyclic) bond motifs is 4. The van der Waals surface area contributed by atoms with Crippen molar-refractivity contribution in [2.75, 3.05) is 4.90 Å². The number of benzene rings is 4. The lowest BCUT2D eigenvalue weighted by molar-refractivity contribution is 0.0935. The number of anilines is 1. The van der Waals surface area contributed by atoms with Gasteiger partial charge in [0, 0.05) is 22.0 Å². The summed E-state index contributed by atoms with van der Waals surface area (Å²) in [4.78, 5) is 15.0. The van der Waals surface area contributed by atoms with Crippen molar-refractivity contribution in [3.05, 3.63) is 108 Å². The van der Waals surface area contributed by atoms with Crippen LogP contribution in [0.15, 0.2) is 91.0 Å². The maximum atomic E-state index is 13.6. The van der Waals surface area contributed by atoms with Gasteiger partial charge in [-0.15, -0.1) is 0 Å². The number of carbonyl (C=O) groups excluding carboxylic acids is 1. The van der Waals surface area contributed by atoms with Gasteiger partial charge in [-0.2, -0.15) is 5.26 Å². The molecule has 5 heteroatoms. The predicted octanol–water partition coefficient (Wildman–Crippen LogP) is 5.31. The molecule has 0 saturated carbocycles. The summed E-state index contributed by atoms with van der Waals surface area (Å²) in [7, 11) is 0. The molecule has 1 aliphatic rings. The summed E-state index contributed by atoms with van der Waals surface area (Å²) in [6, 6.07) is 30.5. The number of aliphatic hydroxyl groups is 1. The topological polar surface area (TPSA) is 69.3 Å². The molecule has 0 bridgehead atoms. The number of para-hydroxylation sites is 2. The number of aromatic nitrogens is 1. The Hall–Kier alpha value is -4.40. The minimum absolute atomic E-state index is 0.253. The van der Waals surface area contributed by atoms with E-state index in [2.05, 4.69) is 6.07 Å². The molecule has 1 amide bonds. The summed E-state index contributed by atoms with van der Waals surface area (Å²) >= 11 is 0. The molecule has 1 unspecified atom stereocenters. The highest BCUT2D eigenvalue weighted by Gasteiger charge is 2.39. The first-order valence-electron chi connectivity index (χ1n) is 10.3. The van der Waals surface area contributed by atoms with E-state index in [0.29, 0.717) is 28.1 Å². The highest BCUT2D eigenvalue weighted by molar-refractivity contribution is 6.16. The summed E-state index contributed by atoms with van der Waals surface area (Å²) in [5.74, 6) is -0.253. The number of carbonyl (C=O) groups is 1. The molecule has 0 aliphatic carbocycles. The molecule has 4 aromatic carbocycles. The quantitative estimate of drug-likeness (QED) is 0.425. The van der Waals surface area contributed by atoms with Gasteiger partial charge in [0.05, 0.1) is 33.9 Å². The number of nitriles is 1. The summed E-state index contributed by atoms with van der Waals surface area (Å²) < 4.78 is 2.02. The molecule has 5 nitrogen and oxygen atoms in total. The van der Waals surface area contributed by atoms with Crippen molar-refractivity contribution < 1.29 is 9.90 Å². The van der Waals surface area contributed by atoms with E-state index in [1.165, 1.54) is 4.90 Å². The van der Waals surface area contributed by atoms with Crippen molar-refractivity contribution in [2.24, 2.45) is 0 Å². The highest BCUT2D eigenvalue weighted by Crippen LogP contribution is 2.41. The third-order valence-electron chi connectivity index (χ3n) is 6.12. The van der Waals surface area contributed by atoms with Crippen LogP contribution in [0.25, 0.3) is 27.5 Å². The van der Waals surface area contributed by atoms with Gasteiger partial charge in [0.1, 0.15) is 0 Å². The van der Waals surface area contributed by atoms with Gasteiger partial charge < -0.3 is 9.67 Å². The fraction of sp³-hybridized carbons (Fsp3) is 0.0370. The molecule has 0 fully saturated rings. The van der Waals surface area contributed by atoms with Gasteiger partial charge in [-0.25, -0.2) is 0 Å². The van der Waals surface area contributed by atoms with Crippen LogP contribution in [0.5, 0.6) is 0 Å². The first-order valence-corrected chi connectivity index (χ1v) is 10.3. The summed E-state index contributed by atoms with van der Waals surface area (Å²) in [5.41, 5.74) is 4.69. The van der Waals surface area contributed by atoms with Crippen molar-refractivity contribution >= 4 is 33.4 Å². The summed E-state index contributed by atoms with van der Waals surface area (Å²) in [6.07, 6.45) is -1.07. The SMILES string of the molecule is N#Cc1cccc2c1c1ccccc1n2-c1cccc2c1C(=O)N(c1ccccc1)C2O. The average Bonchev–Trinajstić information content (AvgIpc) is 3.31. The Labute approximate surface area is 184 Å². The van der Waals surface area contributed by atoms with Gasteiger partial charge in [0.15, 0.2) is 6.23 Å². The fourth-order valence-corrected chi connectivity index (χ4v) is 4.78. The van der Waals surface area contributed by atoms with Crippen LogP contribution in [0.2, 0.25) is 0 Å². The predicted molar refractivity (Wildman–Crippen MR) is 124 cm³/mol. The fourth-order valence-electron chi connectivity index (χ4n) is 4.78. The summed E-state index contributed by atoms with van der Waals surface area (Å²) in [6.45, 7) is 0. The molecule has 0 radical (unpaired) electrons. The van der Waals surface area contributed by atoms with Crippen LogP contribution in [-0.2, 0) is 0 Å². The van der Waals surface area contributed by atoms with E-state index in [-0.39, 0.29) is 5.91 Å². The van der Waals surface area contributed by atoms with Crippen molar-refractivity contribution in [3.63, 3.8) is 0 Å². The Bertz CT molecular complexity index is 1580. The zero-order valence-corrected chi connectivity index (χ0v) is 16.9. The second-order valence-electron chi connectivity index (χ2n) is 7.79. The number of aliphatic hydroxyl groups excluding tert-OH is 1. The van der Waals surface area contributed by atoms with Crippen LogP contribution in [0.1, 0.15) is 27.7 Å². The standard InChI is InChI=1S/C27H17N3O2/c28-16-17-8-6-14-22-24(17)19-11-4-5-13-21(19)30(22)23-15-7-12-20-25(23)27(32)29(26(20)31)18-9-2-1-3-10-18/h1-15,26,31H. The Kier molecular flexibility index (Phi) is 3.91. The maximum Gasteiger partial charge on any atom is 0.263 e. The van der Waals surface area contributed by atoms with E-state index in [0.717, 1.165) is 21.8 Å². The smallest absolute Gasteiger partial charge is 0.263 e. The van der Waals surface area contributed by atoms with E-state index in [4.69, 9.17) is 0 Å². The Morgan fingerprint density at radius 1 is 0.812 bits per heavy atom. The molecule has 0 spiro atoms. The van der Waals surface area contributed by atoms with Gasteiger partial charge >= 0.3 is 0 Å². The largest absolute Gasteiger partial charge is 0.369 e. The number of hydrogen-bond acceptors (Lipinski definition) is 3. The van der Waals surface area contributed by atoms with Crippen LogP contribution in [0.3, 0.4) is 0 Å². The minimum Gasteiger partial charge on any atom is -0.369 e. The highest BCUT2D eigenvalue weighted by atomic mass is 16.3. The normalized spacial score (nSPS) is 15.3. The third-order valence-corrected chi connectivity index (χ3v) is 6.12. The van der Waals surface area contributed by atoms with E-state index in [1.807, 2.05) is 83.4 Å².